The zero-order valence-corrected chi connectivity index (χ0v) is 18.8. The van der Waals surface area contributed by atoms with Crippen LogP contribution in [-0.2, 0) is 11.2 Å². The van der Waals surface area contributed by atoms with Gasteiger partial charge in [0, 0.05) is 29.0 Å². The van der Waals surface area contributed by atoms with Gasteiger partial charge in [-0.15, -0.1) is 11.3 Å². The van der Waals surface area contributed by atoms with E-state index in [1.807, 2.05) is 19.1 Å². The predicted molar refractivity (Wildman–Crippen MR) is 117 cm³/mol. The Morgan fingerprint density at radius 1 is 1.29 bits per heavy atom. The van der Waals surface area contributed by atoms with Crippen LogP contribution in [0, 0.1) is 5.92 Å². The van der Waals surface area contributed by atoms with Gasteiger partial charge in [0.05, 0.1) is 14.2 Å². The molecule has 0 aliphatic heterocycles. The number of carbonyl (C=O) groups is 2. The van der Waals surface area contributed by atoms with E-state index in [4.69, 9.17) is 9.15 Å². The Kier molecular flexibility index (Phi) is 8.87. The van der Waals surface area contributed by atoms with Gasteiger partial charge < -0.3 is 19.0 Å². The monoisotopic (exact) mass is 449 g/mol. The number of Topliss-reactive ketones (excluding diaryl/α,β-unsaturated/α-hetero) is 1. The van der Waals surface area contributed by atoms with Gasteiger partial charge in [-0.3, -0.25) is 10.1 Å². The molecule has 2 aromatic rings. The Hall–Kier alpha value is -3.07. The molecule has 0 aliphatic rings. The third kappa shape index (κ3) is 6.71. The summed E-state index contributed by atoms with van der Waals surface area (Å²) in [5.41, 5.74) is -1.17. The normalized spacial score (nSPS) is 13.0. The smallest absolute Gasteiger partial charge is 0.410 e. The number of rotatable bonds is 10. The number of amides is 1. The number of thiophene rings is 1. The summed E-state index contributed by atoms with van der Waals surface area (Å²) in [5.74, 6) is -1.23. The molecule has 0 spiro atoms. The topological polar surface area (TPSA) is 115 Å². The third-order valence-electron chi connectivity index (χ3n) is 4.75. The quantitative estimate of drug-likeness (QED) is 0.522. The van der Waals surface area contributed by atoms with Gasteiger partial charge >= 0.3 is 11.7 Å². The molecule has 0 aromatic carbocycles. The molecule has 9 heteroatoms. The van der Waals surface area contributed by atoms with Crippen LogP contribution >= 0.6 is 11.3 Å². The van der Waals surface area contributed by atoms with Crippen molar-refractivity contribution in [2.24, 2.45) is 5.92 Å². The molecular weight excluding hydrogens is 422 g/mol. The van der Waals surface area contributed by atoms with Crippen molar-refractivity contribution in [3.05, 3.63) is 57.1 Å². The van der Waals surface area contributed by atoms with Gasteiger partial charge in [0.15, 0.2) is 10.8 Å². The summed E-state index contributed by atoms with van der Waals surface area (Å²) in [7, 11) is 2.85. The van der Waals surface area contributed by atoms with Crippen LogP contribution in [0.15, 0.2) is 39.7 Å². The van der Waals surface area contributed by atoms with Crippen molar-refractivity contribution in [1.82, 2.24) is 5.32 Å². The van der Waals surface area contributed by atoms with E-state index >= 15 is 0 Å². The minimum Gasteiger partial charge on any atom is -0.507 e. The number of ketones is 1. The second kappa shape index (κ2) is 11.4. The fraction of sp³-hybridized carbons (Fsp3) is 0.409. The molecule has 1 amide bonds. The van der Waals surface area contributed by atoms with Gasteiger partial charge in [-0.05, 0) is 31.4 Å². The molecule has 168 valence electrons. The van der Waals surface area contributed by atoms with E-state index in [1.54, 1.807) is 20.1 Å². The zero-order chi connectivity index (χ0) is 23.0. The largest absolute Gasteiger partial charge is 0.507 e. The molecule has 0 bridgehead atoms. The highest BCUT2D eigenvalue weighted by atomic mass is 32.1. The highest BCUT2D eigenvalue weighted by Gasteiger charge is 2.25. The lowest BCUT2D eigenvalue weighted by Gasteiger charge is -2.13. The molecule has 2 N–H and O–H groups in total. The maximum Gasteiger partial charge on any atom is 0.410 e. The first-order chi connectivity index (χ1) is 14.8. The number of alkyl carbamates (subject to hydrolysis) is 1. The molecule has 0 radical (unpaired) electrons. The summed E-state index contributed by atoms with van der Waals surface area (Å²) in [6.07, 6.45) is 4.27. The summed E-state index contributed by atoms with van der Waals surface area (Å²) in [5, 5.41) is 13.5. The van der Waals surface area contributed by atoms with Crippen LogP contribution in [0.1, 0.15) is 53.6 Å². The molecule has 2 atom stereocenters. The second-order valence-electron chi connectivity index (χ2n) is 7.11. The van der Waals surface area contributed by atoms with Crippen molar-refractivity contribution >= 4 is 23.2 Å². The number of carbonyl (C=O) groups excluding carboxylic acids is 2. The number of methoxy groups -OCH3 is 2. The first-order valence-corrected chi connectivity index (χ1v) is 10.6. The Balaban J connectivity index is 2.04. The average molecular weight is 450 g/mol. The van der Waals surface area contributed by atoms with Gasteiger partial charge in [0.25, 0.3) is 0 Å². The van der Waals surface area contributed by atoms with Crippen LogP contribution in [0.2, 0.25) is 0 Å². The van der Waals surface area contributed by atoms with Crippen molar-refractivity contribution in [2.75, 3.05) is 14.2 Å². The first-order valence-electron chi connectivity index (χ1n) is 9.80. The third-order valence-corrected chi connectivity index (χ3v) is 5.81. The SMILES string of the molecule is COC(=O)N/C=C/CCC(C)c1cc(O)c(C(=O)C(C)Cc2ccc(OC)s2)c(=O)o1. The van der Waals surface area contributed by atoms with Crippen molar-refractivity contribution in [2.45, 2.75) is 39.0 Å². The zero-order valence-electron chi connectivity index (χ0n) is 18.0. The lowest BCUT2D eigenvalue weighted by molar-refractivity contribution is 0.0922. The molecule has 31 heavy (non-hydrogen) atoms. The average Bonchev–Trinajstić information content (AvgIpc) is 3.19. The van der Waals surface area contributed by atoms with E-state index < -0.39 is 23.4 Å². The molecule has 0 fully saturated rings. The first kappa shape index (κ1) is 24.2. The Bertz CT molecular complexity index is 992. The van der Waals surface area contributed by atoms with Gasteiger partial charge in [-0.2, -0.15) is 0 Å². The van der Waals surface area contributed by atoms with Crippen LogP contribution in [-0.4, -0.2) is 31.2 Å². The van der Waals surface area contributed by atoms with Crippen molar-refractivity contribution in [1.29, 1.82) is 0 Å². The molecule has 2 aromatic heterocycles. The van der Waals surface area contributed by atoms with E-state index in [9.17, 15) is 19.5 Å². The lowest BCUT2D eigenvalue weighted by atomic mass is 9.95. The molecule has 8 nitrogen and oxygen atoms in total. The Morgan fingerprint density at radius 3 is 2.65 bits per heavy atom. The summed E-state index contributed by atoms with van der Waals surface area (Å²) >= 11 is 1.43. The van der Waals surface area contributed by atoms with Gasteiger partial charge in [-0.25, -0.2) is 9.59 Å². The Labute approximate surface area is 184 Å². The summed E-state index contributed by atoms with van der Waals surface area (Å²) in [6, 6.07) is 5.02. The Morgan fingerprint density at radius 2 is 2.03 bits per heavy atom. The number of hydrogen-bond acceptors (Lipinski definition) is 8. The fourth-order valence-electron chi connectivity index (χ4n) is 2.94. The predicted octanol–water partition coefficient (Wildman–Crippen LogP) is 4.23. The van der Waals surface area contributed by atoms with Crippen LogP contribution in [0.5, 0.6) is 10.8 Å². The van der Waals surface area contributed by atoms with E-state index in [0.717, 1.165) is 9.94 Å². The molecule has 0 saturated heterocycles. The number of ether oxygens (including phenoxy) is 2. The van der Waals surface area contributed by atoms with Crippen molar-refractivity contribution < 1.29 is 28.6 Å². The van der Waals surface area contributed by atoms with Crippen LogP contribution in [0.25, 0.3) is 0 Å². The van der Waals surface area contributed by atoms with Crippen molar-refractivity contribution in [3.8, 4) is 10.8 Å². The molecule has 0 saturated carbocycles. The van der Waals surface area contributed by atoms with Crippen molar-refractivity contribution in [3.63, 3.8) is 0 Å². The van der Waals surface area contributed by atoms with Gasteiger partial charge in [-0.1, -0.05) is 19.9 Å². The number of hydrogen-bond donors (Lipinski definition) is 2. The summed E-state index contributed by atoms with van der Waals surface area (Å²) in [6.45, 7) is 3.55. The van der Waals surface area contributed by atoms with E-state index in [0.29, 0.717) is 25.0 Å². The lowest BCUT2D eigenvalue weighted by Crippen LogP contribution is -2.22. The summed E-state index contributed by atoms with van der Waals surface area (Å²) < 4.78 is 14.9. The van der Waals surface area contributed by atoms with E-state index in [-0.39, 0.29) is 17.2 Å². The minimum absolute atomic E-state index is 0.179. The van der Waals surface area contributed by atoms with Crippen LogP contribution < -0.4 is 15.7 Å². The fourth-order valence-corrected chi connectivity index (χ4v) is 3.89. The number of allylic oxidation sites excluding steroid dienone is 1. The number of aromatic hydroxyl groups is 1. The molecule has 2 heterocycles. The van der Waals surface area contributed by atoms with Gasteiger partial charge in [0.1, 0.15) is 17.1 Å². The minimum atomic E-state index is -0.842. The summed E-state index contributed by atoms with van der Waals surface area (Å²) in [4.78, 5) is 37.1. The van der Waals surface area contributed by atoms with Crippen LogP contribution in [0.3, 0.4) is 0 Å². The highest BCUT2D eigenvalue weighted by Crippen LogP contribution is 2.29. The molecular formula is C22H27NO7S. The van der Waals surface area contributed by atoms with Gasteiger partial charge in [0.2, 0.25) is 0 Å². The molecule has 2 rings (SSSR count). The van der Waals surface area contributed by atoms with E-state index in [2.05, 4.69) is 10.1 Å². The standard InChI is InChI=1S/C22H27NO7S/c1-13(7-5-6-10-23-22(27)29-4)17-12-16(24)19(21(26)30-17)20(25)14(2)11-15-8-9-18(28-3)31-15/h6,8-10,12-14,24H,5,7,11H2,1-4H3,(H,23,27)/b10-6+. The maximum atomic E-state index is 12.8. The highest BCUT2D eigenvalue weighted by molar-refractivity contribution is 7.13. The van der Waals surface area contributed by atoms with E-state index in [1.165, 1.54) is 30.7 Å². The molecule has 0 aliphatic carbocycles. The second-order valence-corrected chi connectivity index (χ2v) is 8.24. The van der Waals surface area contributed by atoms with Crippen LogP contribution in [0.4, 0.5) is 4.79 Å². The maximum absolute atomic E-state index is 12.8. The molecule has 2 unspecified atom stereocenters. The number of nitrogens with one attached hydrogen (secondary N) is 1.